The Bertz CT molecular complexity index is 1000. The number of amides is 1. The molecule has 0 spiro atoms. The minimum Gasteiger partial charge on any atom is -0.492 e. The van der Waals surface area contributed by atoms with Crippen molar-refractivity contribution in [3.8, 4) is 5.75 Å². The van der Waals surface area contributed by atoms with E-state index < -0.39 is 26.2 Å². The van der Waals surface area contributed by atoms with Gasteiger partial charge in [-0.1, -0.05) is 0 Å². The topological polar surface area (TPSA) is 148 Å². The molecular weight excluding hydrogens is 448 g/mol. The summed E-state index contributed by atoms with van der Waals surface area (Å²) in [6.45, 7) is 3.50. The van der Waals surface area contributed by atoms with Gasteiger partial charge in [0, 0.05) is 37.8 Å². The van der Waals surface area contributed by atoms with Crippen LogP contribution in [-0.2, 0) is 29.8 Å². The second kappa shape index (κ2) is 9.79. The molecule has 0 saturated carbocycles. The highest BCUT2D eigenvalue weighted by Gasteiger charge is 2.31. The van der Waals surface area contributed by atoms with E-state index in [1.165, 1.54) is 16.4 Å². The zero-order valence-corrected chi connectivity index (χ0v) is 19.0. The summed E-state index contributed by atoms with van der Waals surface area (Å²) >= 11 is 0. The largest absolute Gasteiger partial charge is 0.492 e. The molecule has 1 amide bonds. The standard InChI is InChI=1S/C18H28N4O7S2/c1-2-29-16-4-3-15(13-17(16)30(24,25)21-9-11-28-12-10-21)20-18(23)14-5-7-22(8-6-14)31(19,26)27/h3-4,13-14H,2,5-12H2,1H3,(H,20,23)(H2,19,26,27). The second-order valence-electron chi connectivity index (χ2n) is 7.32. The lowest BCUT2D eigenvalue weighted by molar-refractivity contribution is -0.120. The lowest BCUT2D eigenvalue weighted by atomic mass is 9.97. The van der Waals surface area contributed by atoms with E-state index in [0.717, 1.165) is 4.31 Å². The smallest absolute Gasteiger partial charge is 0.276 e. The number of carbonyl (C=O) groups excluding carboxylic acids is 1. The molecule has 13 heteroatoms. The van der Waals surface area contributed by atoms with Gasteiger partial charge in [0.05, 0.1) is 19.8 Å². The van der Waals surface area contributed by atoms with Gasteiger partial charge in [-0.3, -0.25) is 4.79 Å². The molecule has 2 heterocycles. The minimum absolute atomic E-state index is 0.0157. The second-order valence-corrected chi connectivity index (χ2v) is 10.8. The molecule has 0 aromatic heterocycles. The zero-order valence-electron chi connectivity index (χ0n) is 17.3. The van der Waals surface area contributed by atoms with Crippen LogP contribution in [0.5, 0.6) is 5.75 Å². The first-order valence-corrected chi connectivity index (χ1v) is 13.0. The molecule has 0 radical (unpaired) electrons. The van der Waals surface area contributed by atoms with E-state index in [1.54, 1.807) is 13.0 Å². The molecule has 0 unspecified atom stereocenters. The van der Waals surface area contributed by atoms with Gasteiger partial charge in [0.25, 0.3) is 10.2 Å². The molecule has 2 fully saturated rings. The molecule has 0 bridgehead atoms. The number of hydrogen-bond acceptors (Lipinski definition) is 7. The monoisotopic (exact) mass is 476 g/mol. The molecule has 1 aromatic rings. The minimum atomic E-state index is -3.83. The first-order valence-electron chi connectivity index (χ1n) is 10.1. The summed E-state index contributed by atoms with van der Waals surface area (Å²) in [5.74, 6) is -0.481. The number of nitrogens with one attached hydrogen (secondary N) is 1. The molecule has 3 rings (SSSR count). The summed E-state index contributed by atoms with van der Waals surface area (Å²) in [6.07, 6.45) is 0.663. The molecule has 2 aliphatic rings. The molecule has 11 nitrogen and oxygen atoms in total. The van der Waals surface area contributed by atoms with Gasteiger partial charge in [-0.05, 0) is 38.0 Å². The van der Waals surface area contributed by atoms with Gasteiger partial charge < -0.3 is 14.8 Å². The van der Waals surface area contributed by atoms with Crippen LogP contribution in [0.15, 0.2) is 23.1 Å². The Balaban J connectivity index is 1.76. The summed E-state index contributed by atoms with van der Waals surface area (Å²) in [7, 11) is -7.60. The van der Waals surface area contributed by atoms with Crippen LogP contribution in [0.2, 0.25) is 0 Å². The summed E-state index contributed by atoms with van der Waals surface area (Å²) in [5, 5.41) is 7.88. The third kappa shape index (κ3) is 5.73. The fourth-order valence-electron chi connectivity index (χ4n) is 3.60. The molecular formula is C18H28N4O7S2. The van der Waals surface area contributed by atoms with Gasteiger partial charge >= 0.3 is 0 Å². The highest BCUT2D eigenvalue weighted by Crippen LogP contribution is 2.31. The van der Waals surface area contributed by atoms with Crippen LogP contribution in [0, 0.1) is 5.92 Å². The lowest BCUT2D eigenvalue weighted by Gasteiger charge is -2.29. The summed E-state index contributed by atoms with van der Waals surface area (Å²) < 4.78 is 62.4. The van der Waals surface area contributed by atoms with Gasteiger partial charge in [-0.2, -0.15) is 17.0 Å². The maximum Gasteiger partial charge on any atom is 0.276 e. The van der Waals surface area contributed by atoms with E-state index in [4.69, 9.17) is 14.6 Å². The quantitative estimate of drug-likeness (QED) is 0.561. The number of carbonyl (C=O) groups is 1. The average Bonchev–Trinajstić information content (AvgIpc) is 2.75. The third-order valence-electron chi connectivity index (χ3n) is 5.28. The zero-order chi connectivity index (χ0) is 22.6. The van der Waals surface area contributed by atoms with Crippen LogP contribution >= 0.6 is 0 Å². The van der Waals surface area contributed by atoms with Crippen molar-refractivity contribution in [2.45, 2.75) is 24.7 Å². The van der Waals surface area contributed by atoms with Crippen molar-refractivity contribution in [3.05, 3.63) is 18.2 Å². The van der Waals surface area contributed by atoms with Crippen molar-refractivity contribution >= 4 is 31.8 Å². The first-order chi connectivity index (χ1) is 14.6. The Morgan fingerprint density at radius 2 is 1.77 bits per heavy atom. The number of sulfonamides is 1. The molecule has 3 N–H and O–H groups in total. The number of hydrogen-bond donors (Lipinski definition) is 2. The molecule has 174 valence electrons. The van der Waals surface area contributed by atoms with Crippen LogP contribution in [-0.4, -0.2) is 77.4 Å². The van der Waals surface area contributed by atoms with E-state index in [2.05, 4.69) is 5.32 Å². The van der Waals surface area contributed by atoms with E-state index in [9.17, 15) is 21.6 Å². The predicted octanol–water partition coefficient (Wildman–Crippen LogP) is -0.0398. The van der Waals surface area contributed by atoms with Crippen molar-refractivity contribution in [1.82, 2.24) is 8.61 Å². The van der Waals surface area contributed by atoms with E-state index in [0.29, 0.717) is 38.3 Å². The number of piperidine rings is 1. The molecule has 2 saturated heterocycles. The average molecular weight is 477 g/mol. The van der Waals surface area contributed by atoms with E-state index in [-0.39, 0.29) is 42.7 Å². The van der Waals surface area contributed by atoms with Crippen molar-refractivity contribution in [3.63, 3.8) is 0 Å². The predicted molar refractivity (Wildman–Crippen MR) is 113 cm³/mol. The molecule has 0 atom stereocenters. The number of nitrogens with two attached hydrogens (primary N) is 1. The normalized spacial score (nSPS) is 19.8. The molecule has 2 aliphatic heterocycles. The number of anilines is 1. The first kappa shape index (κ1) is 23.9. The van der Waals surface area contributed by atoms with Crippen LogP contribution in [0.1, 0.15) is 19.8 Å². The number of morpholine rings is 1. The van der Waals surface area contributed by atoms with Crippen LogP contribution in [0.3, 0.4) is 0 Å². The Labute approximate surface area is 182 Å². The van der Waals surface area contributed by atoms with Crippen LogP contribution in [0.25, 0.3) is 0 Å². The van der Waals surface area contributed by atoms with Crippen molar-refractivity contribution in [2.75, 3.05) is 51.3 Å². The third-order valence-corrected chi connectivity index (χ3v) is 8.29. The van der Waals surface area contributed by atoms with Gasteiger partial charge in [0.1, 0.15) is 10.6 Å². The van der Waals surface area contributed by atoms with Gasteiger partial charge in [0.2, 0.25) is 15.9 Å². The highest BCUT2D eigenvalue weighted by atomic mass is 32.2. The maximum atomic E-state index is 13.2. The number of nitrogens with zero attached hydrogens (tertiary/aromatic N) is 2. The van der Waals surface area contributed by atoms with E-state index >= 15 is 0 Å². The number of benzene rings is 1. The Morgan fingerprint density at radius 1 is 1.13 bits per heavy atom. The fraction of sp³-hybridized carbons (Fsp3) is 0.611. The summed E-state index contributed by atoms with van der Waals surface area (Å²) in [5.41, 5.74) is 0.328. The molecule has 1 aromatic carbocycles. The summed E-state index contributed by atoms with van der Waals surface area (Å²) in [6, 6.07) is 4.50. The lowest BCUT2D eigenvalue weighted by Crippen LogP contribution is -2.44. The SMILES string of the molecule is CCOc1ccc(NC(=O)C2CCN(S(N)(=O)=O)CC2)cc1S(=O)(=O)N1CCOCC1. The van der Waals surface area contributed by atoms with Gasteiger partial charge in [0.15, 0.2) is 0 Å². The van der Waals surface area contributed by atoms with Gasteiger partial charge in [-0.15, -0.1) is 0 Å². The Kier molecular flexibility index (Phi) is 7.55. The van der Waals surface area contributed by atoms with Gasteiger partial charge in [-0.25, -0.2) is 13.6 Å². The number of ether oxygens (including phenoxy) is 2. The molecule has 31 heavy (non-hydrogen) atoms. The Morgan fingerprint density at radius 3 is 2.35 bits per heavy atom. The maximum absolute atomic E-state index is 13.2. The summed E-state index contributed by atoms with van der Waals surface area (Å²) in [4.78, 5) is 12.7. The molecule has 0 aliphatic carbocycles. The van der Waals surface area contributed by atoms with Crippen LogP contribution in [0.4, 0.5) is 5.69 Å². The van der Waals surface area contributed by atoms with Crippen LogP contribution < -0.4 is 15.2 Å². The van der Waals surface area contributed by atoms with Crippen molar-refractivity contribution in [2.24, 2.45) is 11.1 Å². The fourth-order valence-corrected chi connectivity index (χ4v) is 5.89. The van der Waals surface area contributed by atoms with Crippen molar-refractivity contribution < 1.29 is 31.1 Å². The van der Waals surface area contributed by atoms with Crippen molar-refractivity contribution in [1.29, 1.82) is 0 Å². The van der Waals surface area contributed by atoms with E-state index in [1.807, 2.05) is 0 Å². The Hall–Kier alpha value is -1.77. The highest BCUT2D eigenvalue weighted by molar-refractivity contribution is 7.89. The number of rotatable bonds is 7.